The zero-order valence-corrected chi connectivity index (χ0v) is 18.0. The van der Waals surface area contributed by atoms with E-state index in [2.05, 4.69) is 20.9 Å². The molecule has 0 aliphatic carbocycles. The molecule has 1 atom stereocenters. The van der Waals surface area contributed by atoms with Crippen LogP contribution in [0.15, 0.2) is 16.6 Å². The first kappa shape index (κ1) is 20.6. The molecule has 0 saturated carbocycles. The number of rotatable bonds is 2. The quantitative estimate of drug-likeness (QED) is 0.650. The number of aromatic amines is 1. The Balaban J connectivity index is 1.90. The summed E-state index contributed by atoms with van der Waals surface area (Å²) < 4.78 is 26.0. The van der Waals surface area contributed by atoms with Gasteiger partial charge in [-0.15, -0.1) is 0 Å². The van der Waals surface area contributed by atoms with E-state index in [4.69, 9.17) is 9.47 Å². The Morgan fingerprint density at radius 2 is 2.04 bits per heavy atom. The van der Waals surface area contributed by atoms with E-state index in [1.54, 1.807) is 11.0 Å². The molecule has 0 radical (unpaired) electrons. The maximum atomic E-state index is 15.2. The van der Waals surface area contributed by atoms with Crippen molar-refractivity contribution < 1.29 is 23.5 Å². The summed E-state index contributed by atoms with van der Waals surface area (Å²) in [7, 11) is 1.28. The molecule has 152 valence electrons. The van der Waals surface area contributed by atoms with Crippen LogP contribution in [0.5, 0.6) is 0 Å². The molecule has 1 aliphatic rings. The average molecular weight is 455 g/mol. The van der Waals surface area contributed by atoms with Crippen LogP contribution in [0.4, 0.5) is 9.18 Å². The number of fused-ring (bicyclic) bond motifs is 1. The summed E-state index contributed by atoms with van der Waals surface area (Å²) in [5.41, 5.74) is 0.705. The molecule has 0 spiro atoms. The van der Waals surface area contributed by atoms with Gasteiger partial charge in [0.25, 0.3) is 0 Å². The molecule has 1 fully saturated rings. The number of H-pyrrole nitrogens is 1. The molecular formula is C20H24BrFN2O4. The molecule has 1 aliphatic heterocycles. The van der Waals surface area contributed by atoms with Crippen LogP contribution in [-0.2, 0) is 9.47 Å². The Morgan fingerprint density at radius 1 is 1.32 bits per heavy atom. The van der Waals surface area contributed by atoms with E-state index in [9.17, 15) is 9.59 Å². The molecule has 3 rings (SSSR count). The number of halogens is 2. The standard InChI is InChI=1S/C20H24BrFN2O4/c1-20(2,3)28-19(26)24-7-5-6-11(10-24)16-15(22)13-8-12(18(25)27-4)9-14(21)17(13)23-16/h8-9,11,23H,5-7,10H2,1-4H3/t11-/m0/s1. The number of amides is 1. The van der Waals surface area contributed by atoms with Gasteiger partial charge in [0.1, 0.15) is 5.60 Å². The Kier molecular flexibility index (Phi) is 5.70. The summed E-state index contributed by atoms with van der Waals surface area (Å²) in [6.07, 6.45) is 1.13. The fraction of sp³-hybridized carbons (Fsp3) is 0.500. The fourth-order valence-electron chi connectivity index (χ4n) is 3.46. The molecule has 28 heavy (non-hydrogen) atoms. The number of esters is 1. The van der Waals surface area contributed by atoms with Gasteiger partial charge in [-0.2, -0.15) is 0 Å². The number of methoxy groups -OCH3 is 1. The summed E-state index contributed by atoms with van der Waals surface area (Å²) >= 11 is 3.39. The van der Waals surface area contributed by atoms with Crippen LogP contribution in [0.3, 0.4) is 0 Å². The highest BCUT2D eigenvalue weighted by atomic mass is 79.9. The number of carbonyl (C=O) groups excluding carboxylic acids is 2. The Morgan fingerprint density at radius 3 is 2.68 bits per heavy atom. The van der Waals surface area contributed by atoms with Crippen LogP contribution in [0.1, 0.15) is 55.6 Å². The van der Waals surface area contributed by atoms with Gasteiger partial charge >= 0.3 is 12.1 Å². The van der Waals surface area contributed by atoms with E-state index < -0.39 is 17.4 Å². The number of piperidine rings is 1. The highest BCUT2D eigenvalue weighted by Crippen LogP contribution is 2.35. The van der Waals surface area contributed by atoms with E-state index in [-0.39, 0.29) is 17.6 Å². The Hall–Kier alpha value is -2.09. The second-order valence-electron chi connectivity index (χ2n) is 7.99. The number of hydrogen-bond acceptors (Lipinski definition) is 4. The SMILES string of the molecule is COC(=O)c1cc(Br)c2[nH]c([C@H]3CCCN(C(=O)OC(C)(C)C)C3)c(F)c2c1. The molecule has 1 N–H and O–H groups in total. The van der Waals surface area contributed by atoms with Crippen molar-refractivity contribution in [2.24, 2.45) is 0 Å². The van der Waals surface area contributed by atoms with Gasteiger partial charge in [-0.1, -0.05) is 0 Å². The average Bonchev–Trinajstić information content (AvgIpc) is 2.97. The predicted octanol–water partition coefficient (Wildman–Crippen LogP) is 4.97. The van der Waals surface area contributed by atoms with Crippen LogP contribution < -0.4 is 0 Å². The van der Waals surface area contributed by atoms with Gasteiger partial charge in [-0.25, -0.2) is 14.0 Å². The molecule has 8 heteroatoms. The molecule has 6 nitrogen and oxygen atoms in total. The lowest BCUT2D eigenvalue weighted by Gasteiger charge is -2.33. The van der Waals surface area contributed by atoms with Crippen LogP contribution in [0, 0.1) is 5.82 Å². The second-order valence-corrected chi connectivity index (χ2v) is 8.84. The third-order valence-corrected chi connectivity index (χ3v) is 5.35. The molecular weight excluding hydrogens is 431 g/mol. The smallest absolute Gasteiger partial charge is 0.410 e. The minimum absolute atomic E-state index is 0.179. The van der Waals surface area contributed by atoms with Crippen LogP contribution in [-0.4, -0.2) is 47.7 Å². The molecule has 2 heterocycles. The number of likely N-dealkylation sites (tertiary alicyclic amines) is 1. The van der Waals surface area contributed by atoms with Gasteiger partial charge in [0.2, 0.25) is 0 Å². The van der Waals surface area contributed by atoms with Gasteiger partial charge < -0.3 is 19.4 Å². The molecule has 1 saturated heterocycles. The van der Waals surface area contributed by atoms with Crippen molar-refractivity contribution in [3.8, 4) is 0 Å². The van der Waals surface area contributed by atoms with Crippen molar-refractivity contribution in [3.05, 3.63) is 33.7 Å². The lowest BCUT2D eigenvalue weighted by atomic mass is 9.94. The van der Waals surface area contributed by atoms with Crippen molar-refractivity contribution in [3.63, 3.8) is 0 Å². The fourth-order valence-corrected chi connectivity index (χ4v) is 4.02. The number of nitrogens with zero attached hydrogens (tertiary/aromatic N) is 1. The summed E-state index contributed by atoms with van der Waals surface area (Å²) in [5, 5.41) is 0.319. The van der Waals surface area contributed by atoms with E-state index >= 15 is 4.39 Å². The van der Waals surface area contributed by atoms with Crippen LogP contribution in [0.25, 0.3) is 10.9 Å². The highest BCUT2D eigenvalue weighted by molar-refractivity contribution is 9.10. The molecule has 0 unspecified atom stereocenters. The van der Waals surface area contributed by atoms with Gasteiger partial charge in [0.05, 0.1) is 23.9 Å². The molecule has 1 aromatic carbocycles. The predicted molar refractivity (Wildman–Crippen MR) is 107 cm³/mol. The van der Waals surface area contributed by atoms with Crippen LogP contribution >= 0.6 is 15.9 Å². The zero-order chi connectivity index (χ0) is 20.6. The molecule has 2 aromatic rings. The third-order valence-electron chi connectivity index (χ3n) is 4.73. The molecule has 0 bridgehead atoms. The maximum Gasteiger partial charge on any atom is 0.410 e. The number of nitrogens with one attached hydrogen (secondary N) is 1. The lowest BCUT2D eigenvalue weighted by molar-refractivity contribution is 0.0196. The minimum atomic E-state index is -0.578. The van der Waals surface area contributed by atoms with Crippen molar-refractivity contribution in [1.29, 1.82) is 0 Å². The summed E-state index contributed by atoms with van der Waals surface area (Å²) in [6, 6.07) is 3.08. The van der Waals surface area contributed by atoms with E-state index in [1.165, 1.54) is 13.2 Å². The minimum Gasteiger partial charge on any atom is -0.465 e. The first-order chi connectivity index (χ1) is 13.1. The largest absolute Gasteiger partial charge is 0.465 e. The monoisotopic (exact) mass is 454 g/mol. The first-order valence-corrected chi connectivity index (χ1v) is 9.97. The van der Waals surface area contributed by atoms with Gasteiger partial charge in [0.15, 0.2) is 5.82 Å². The summed E-state index contributed by atoms with van der Waals surface area (Å²) in [6.45, 7) is 6.42. The van der Waals surface area contributed by atoms with Crippen molar-refractivity contribution in [2.45, 2.75) is 45.1 Å². The number of ether oxygens (including phenoxy) is 2. The highest BCUT2D eigenvalue weighted by Gasteiger charge is 2.31. The van der Waals surface area contributed by atoms with Gasteiger partial charge in [-0.3, -0.25) is 0 Å². The van der Waals surface area contributed by atoms with E-state index in [1.807, 2.05) is 20.8 Å². The number of carbonyl (C=O) groups is 2. The van der Waals surface area contributed by atoms with Crippen molar-refractivity contribution in [1.82, 2.24) is 9.88 Å². The third kappa shape index (κ3) is 4.16. The number of aromatic nitrogens is 1. The normalized spacial score (nSPS) is 17.6. The van der Waals surface area contributed by atoms with Crippen molar-refractivity contribution in [2.75, 3.05) is 20.2 Å². The van der Waals surface area contributed by atoms with Crippen molar-refractivity contribution >= 4 is 38.9 Å². The second kappa shape index (κ2) is 7.73. The zero-order valence-electron chi connectivity index (χ0n) is 16.4. The number of hydrogen-bond donors (Lipinski definition) is 1. The van der Waals surface area contributed by atoms with Gasteiger partial charge in [-0.05, 0) is 61.7 Å². The van der Waals surface area contributed by atoms with Crippen LogP contribution in [0.2, 0.25) is 0 Å². The summed E-state index contributed by atoms with van der Waals surface area (Å²) in [5.74, 6) is -1.11. The maximum absolute atomic E-state index is 15.2. The first-order valence-electron chi connectivity index (χ1n) is 9.17. The molecule has 1 aromatic heterocycles. The molecule has 1 amide bonds. The number of benzene rings is 1. The Bertz CT molecular complexity index is 919. The summed E-state index contributed by atoms with van der Waals surface area (Å²) in [4.78, 5) is 29.0. The topological polar surface area (TPSA) is 71.6 Å². The van der Waals surface area contributed by atoms with E-state index in [0.717, 1.165) is 12.8 Å². The lowest BCUT2D eigenvalue weighted by Crippen LogP contribution is -2.42. The van der Waals surface area contributed by atoms with Gasteiger partial charge in [0, 0.05) is 28.9 Å². The Labute approximate surface area is 171 Å². The van der Waals surface area contributed by atoms with E-state index in [0.29, 0.717) is 34.2 Å².